The zero-order valence-electron chi connectivity index (χ0n) is 11.5. The highest BCUT2D eigenvalue weighted by Crippen LogP contribution is 2.27. The first kappa shape index (κ1) is 15.5. The minimum atomic E-state index is -0.581. The zero-order chi connectivity index (χ0) is 16.3. The largest absolute Gasteiger partial charge is 0.322 e. The van der Waals surface area contributed by atoms with Crippen LogP contribution in [0.5, 0.6) is 0 Å². The van der Waals surface area contributed by atoms with Crippen LogP contribution in [0, 0.1) is 20.2 Å². The fourth-order valence-electron chi connectivity index (χ4n) is 2.05. The van der Waals surface area contributed by atoms with Crippen LogP contribution in [0.15, 0.2) is 48.5 Å². The Labute approximate surface area is 125 Å². The van der Waals surface area contributed by atoms with E-state index >= 15 is 0 Å². The third-order valence-electron chi connectivity index (χ3n) is 3.36. The van der Waals surface area contributed by atoms with Crippen LogP contribution in [0.4, 0.5) is 11.4 Å². The summed E-state index contributed by atoms with van der Waals surface area (Å²) in [4.78, 5) is 20.2. The predicted octanol–water partition coefficient (Wildman–Crippen LogP) is 2.20. The van der Waals surface area contributed by atoms with Crippen molar-refractivity contribution in [3.05, 3.63) is 79.9 Å². The Morgan fingerprint density at radius 1 is 0.682 bits per heavy atom. The lowest BCUT2D eigenvalue weighted by Crippen LogP contribution is -2.26. The SMILES string of the molecule is N[C@H](c1ccc([N+](=O)[O-])cc1)[C@H](N)c1ccc([N+](=O)[O-])cc1. The van der Waals surface area contributed by atoms with Gasteiger partial charge in [-0.1, -0.05) is 24.3 Å². The molecular formula is C14H14N4O4. The Hall–Kier alpha value is -2.84. The van der Waals surface area contributed by atoms with Crippen LogP contribution in [-0.4, -0.2) is 9.85 Å². The summed E-state index contributed by atoms with van der Waals surface area (Å²) in [6.45, 7) is 0. The summed E-state index contributed by atoms with van der Waals surface area (Å²) in [5.41, 5.74) is 13.4. The first-order valence-corrected chi connectivity index (χ1v) is 6.40. The number of nitro benzene ring substituents is 2. The van der Waals surface area contributed by atoms with Crippen molar-refractivity contribution in [3.63, 3.8) is 0 Å². The Balaban J connectivity index is 2.18. The minimum Gasteiger partial charge on any atom is -0.322 e. The second kappa shape index (κ2) is 6.29. The van der Waals surface area contributed by atoms with Crippen molar-refractivity contribution >= 4 is 11.4 Å². The second-order valence-corrected chi connectivity index (χ2v) is 4.75. The number of hydrogen-bond acceptors (Lipinski definition) is 6. The van der Waals surface area contributed by atoms with Crippen LogP contribution >= 0.6 is 0 Å². The molecule has 2 atom stereocenters. The van der Waals surface area contributed by atoms with E-state index in [1.54, 1.807) is 24.3 Å². The first-order chi connectivity index (χ1) is 10.4. The number of nitrogens with two attached hydrogens (primary N) is 2. The van der Waals surface area contributed by atoms with Gasteiger partial charge in [-0.3, -0.25) is 20.2 Å². The quantitative estimate of drug-likeness (QED) is 0.641. The van der Waals surface area contributed by atoms with E-state index < -0.39 is 21.9 Å². The highest BCUT2D eigenvalue weighted by Gasteiger charge is 2.19. The van der Waals surface area contributed by atoms with Crippen LogP contribution in [-0.2, 0) is 0 Å². The zero-order valence-corrected chi connectivity index (χ0v) is 11.5. The summed E-state index contributed by atoms with van der Waals surface area (Å²) in [6.07, 6.45) is 0. The summed E-state index contributed by atoms with van der Waals surface area (Å²) in [7, 11) is 0. The molecule has 0 spiro atoms. The van der Waals surface area contributed by atoms with E-state index in [1.165, 1.54) is 24.3 Å². The molecule has 0 radical (unpaired) electrons. The molecule has 2 aromatic rings. The number of hydrogen-bond donors (Lipinski definition) is 2. The highest BCUT2D eigenvalue weighted by atomic mass is 16.6. The van der Waals surface area contributed by atoms with E-state index in [2.05, 4.69) is 0 Å². The van der Waals surface area contributed by atoms with E-state index in [4.69, 9.17) is 11.5 Å². The minimum absolute atomic E-state index is 0.0279. The van der Waals surface area contributed by atoms with E-state index in [0.29, 0.717) is 11.1 Å². The number of rotatable bonds is 5. The maximum absolute atomic E-state index is 10.6. The molecule has 0 aliphatic carbocycles. The van der Waals surface area contributed by atoms with Gasteiger partial charge in [0.25, 0.3) is 11.4 Å². The van der Waals surface area contributed by atoms with Crippen LogP contribution in [0.2, 0.25) is 0 Å². The number of non-ortho nitro benzene ring substituents is 2. The van der Waals surface area contributed by atoms with Crippen molar-refractivity contribution in [1.29, 1.82) is 0 Å². The van der Waals surface area contributed by atoms with Gasteiger partial charge in [0.05, 0.1) is 9.85 Å². The van der Waals surface area contributed by atoms with Gasteiger partial charge in [0.2, 0.25) is 0 Å². The van der Waals surface area contributed by atoms with Gasteiger partial charge >= 0.3 is 0 Å². The Kier molecular flexibility index (Phi) is 4.44. The van der Waals surface area contributed by atoms with Crippen LogP contribution in [0.25, 0.3) is 0 Å². The molecule has 2 aromatic carbocycles. The van der Waals surface area contributed by atoms with Gasteiger partial charge < -0.3 is 11.5 Å². The molecule has 2 rings (SSSR count). The summed E-state index contributed by atoms with van der Waals surface area (Å²) < 4.78 is 0. The van der Waals surface area contributed by atoms with Crippen molar-refractivity contribution in [3.8, 4) is 0 Å². The van der Waals surface area contributed by atoms with Crippen molar-refractivity contribution in [1.82, 2.24) is 0 Å². The highest BCUT2D eigenvalue weighted by molar-refractivity contribution is 5.38. The second-order valence-electron chi connectivity index (χ2n) is 4.75. The molecule has 0 fully saturated rings. The Morgan fingerprint density at radius 3 is 1.18 bits per heavy atom. The van der Waals surface area contributed by atoms with Crippen molar-refractivity contribution in [2.24, 2.45) is 11.5 Å². The molecule has 0 bridgehead atoms. The summed E-state index contributed by atoms with van der Waals surface area (Å²) in [5.74, 6) is 0. The lowest BCUT2D eigenvalue weighted by Gasteiger charge is -2.20. The topological polar surface area (TPSA) is 138 Å². The van der Waals surface area contributed by atoms with Crippen LogP contribution in [0.3, 0.4) is 0 Å². The Bertz CT molecular complexity index is 623. The molecule has 114 valence electrons. The molecule has 0 saturated carbocycles. The van der Waals surface area contributed by atoms with Crippen molar-refractivity contribution in [2.75, 3.05) is 0 Å². The summed E-state index contributed by atoms with van der Waals surface area (Å²) in [6, 6.07) is 10.5. The lowest BCUT2D eigenvalue weighted by atomic mass is 9.94. The Morgan fingerprint density at radius 2 is 0.955 bits per heavy atom. The molecule has 22 heavy (non-hydrogen) atoms. The molecule has 0 aliphatic rings. The number of nitrogens with zero attached hydrogens (tertiary/aromatic N) is 2. The molecule has 4 N–H and O–H groups in total. The van der Waals surface area contributed by atoms with E-state index in [0.717, 1.165) is 0 Å². The molecule has 0 aromatic heterocycles. The fourth-order valence-corrected chi connectivity index (χ4v) is 2.05. The fraction of sp³-hybridized carbons (Fsp3) is 0.143. The molecule has 8 nitrogen and oxygen atoms in total. The number of nitro groups is 2. The van der Waals surface area contributed by atoms with Gasteiger partial charge in [0, 0.05) is 36.3 Å². The van der Waals surface area contributed by atoms with Gasteiger partial charge in [-0.05, 0) is 11.1 Å². The monoisotopic (exact) mass is 302 g/mol. The maximum Gasteiger partial charge on any atom is 0.269 e. The van der Waals surface area contributed by atoms with Crippen molar-refractivity contribution in [2.45, 2.75) is 12.1 Å². The standard InChI is InChI=1S/C14H14N4O4/c15-13(9-1-5-11(6-2-9)17(19)20)14(16)10-3-7-12(8-4-10)18(21)22/h1-8,13-14H,15-16H2/t13-,14-/m1/s1. The van der Waals surface area contributed by atoms with Gasteiger partial charge in [-0.2, -0.15) is 0 Å². The van der Waals surface area contributed by atoms with E-state index in [-0.39, 0.29) is 11.4 Å². The predicted molar refractivity (Wildman–Crippen MR) is 80.0 cm³/mol. The average molecular weight is 302 g/mol. The third kappa shape index (κ3) is 3.25. The van der Waals surface area contributed by atoms with Gasteiger partial charge in [0.1, 0.15) is 0 Å². The molecular weight excluding hydrogens is 288 g/mol. The first-order valence-electron chi connectivity index (χ1n) is 6.40. The van der Waals surface area contributed by atoms with Gasteiger partial charge in [0.15, 0.2) is 0 Å². The lowest BCUT2D eigenvalue weighted by molar-refractivity contribution is -0.385. The van der Waals surface area contributed by atoms with E-state index in [9.17, 15) is 20.2 Å². The average Bonchev–Trinajstić information content (AvgIpc) is 2.53. The third-order valence-corrected chi connectivity index (χ3v) is 3.36. The molecule has 8 heteroatoms. The normalized spacial score (nSPS) is 13.4. The maximum atomic E-state index is 10.6. The van der Waals surface area contributed by atoms with Gasteiger partial charge in [-0.25, -0.2) is 0 Å². The van der Waals surface area contributed by atoms with Crippen molar-refractivity contribution < 1.29 is 9.85 Å². The molecule has 0 aliphatic heterocycles. The van der Waals surface area contributed by atoms with Crippen LogP contribution in [0.1, 0.15) is 23.2 Å². The van der Waals surface area contributed by atoms with Gasteiger partial charge in [-0.15, -0.1) is 0 Å². The number of benzene rings is 2. The van der Waals surface area contributed by atoms with E-state index in [1.807, 2.05) is 0 Å². The summed E-state index contributed by atoms with van der Waals surface area (Å²) in [5, 5.41) is 21.2. The molecule has 0 unspecified atom stereocenters. The molecule has 0 amide bonds. The smallest absolute Gasteiger partial charge is 0.269 e. The van der Waals surface area contributed by atoms with Crippen LogP contribution < -0.4 is 11.5 Å². The molecule has 0 heterocycles. The molecule has 0 saturated heterocycles. The summed E-state index contributed by atoms with van der Waals surface area (Å²) >= 11 is 0.